The average molecular weight is 332 g/mol. The number of nitrogens with zero attached hydrogens (tertiary/aromatic N) is 1. The van der Waals surface area contributed by atoms with Crippen molar-refractivity contribution < 1.29 is 9.53 Å². The number of aryl methyl sites for hydroxylation is 1. The van der Waals surface area contributed by atoms with Gasteiger partial charge in [0.05, 0.1) is 0 Å². The Morgan fingerprint density at radius 2 is 1.92 bits per heavy atom. The maximum Gasteiger partial charge on any atom is 0.257 e. The highest BCUT2D eigenvalue weighted by atomic mass is 16.5. The Morgan fingerprint density at radius 3 is 2.58 bits per heavy atom. The van der Waals surface area contributed by atoms with Crippen LogP contribution in [0, 0.1) is 0 Å². The molecule has 4 heteroatoms. The first-order chi connectivity index (χ1) is 11.7. The summed E-state index contributed by atoms with van der Waals surface area (Å²) in [7, 11) is 2.21. The third-order valence-corrected chi connectivity index (χ3v) is 4.91. The van der Waals surface area contributed by atoms with Crippen molar-refractivity contribution in [3.8, 4) is 5.75 Å². The van der Waals surface area contributed by atoms with Crippen LogP contribution in [-0.4, -0.2) is 43.6 Å². The predicted molar refractivity (Wildman–Crippen MR) is 98.4 cm³/mol. The van der Waals surface area contributed by atoms with Crippen molar-refractivity contribution in [2.75, 3.05) is 26.7 Å². The van der Waals surface area contributed by atoms with Crippen molar-refractivity contribution in [3.63, 3.8) is 0 Å². The highest BCUT2D eigenvalue weighted by Crippen LogP contribution is 2.21. The molecule has 2 rings (SSSR count). The lowest BCUT2D eigenvalue weighted by atomic mass is 9.94. The molecule has 1 N–H and O–H groups in total. The van der Waals surface area contributed by atoms with E-state index in [2.05, 4.69) is 24.2 Å². The number of hydrogen-bond acceptors (Lipinski definition) is 3. The van der Waals surface area contributed by atoms with E-state index in [1.807, 2.05) is 24.3 Å². The van der Waals surface area contributed by atoms with Crippen molar-refractivity contribution >= 4 is 5.91 Å². The van der Waals surface area contributed by atoms with E-state index in [1.165, 1.54) is 37.7 Å². The van der Waals surface area contributed by atoms with E-state index >= 15 is 0 Å². The van der Waals surface area contributed by atoms with Crippen LogP contribution in [0.4, 0.5) is 0 Å². The lowest BCUT2D eigenvalue weighted by Gasteiger charge is -2.31. The number of carbonyl (C=O) groups excluding carboxylic acids is 1. The van der Waals surface area contributed by atoms with Gasteiger partial charge in [0.1, 0.15) is 5.75 Å². The Hall–Kier alpha value is -1.55. The Labute approximate surface area is 146 Å². The van der Waals surface area contributed by atoms with Crippen LogP contribution in [0.5, 0.6) is 5.75 Å². The first kappa shape index (κ1) is 18.8. The molecule has 1 fully saturated rings. The molecule has 0 saturated heterocycles. The fourth-order valence-electron chi connectivity index (χ4n) is 3.28. The first-order valence-corrected chi connectivity index (χ1v) is 9.37. The van der Waals surface area contributed by atoms with Crippen LogP contribution in [0.2, 0.25) is 0 Å². The van der Waals surface area contributed by atoms with E-state index in [4.69, 9.17) is 4.74 Å². The Kier molecular flexibility index (Phi) is 8.10. The Bertz CT molecular complexity index is 481. The van der Waals surface area contributed by atoms with Gasteiger partial charge in [-0.25, -0.2) is 0 Å². The van der Waals surface area contributed by atoms with Gasteiger partial charge in [-0.15, -0.1) is 0 Å². The van der Waals surface area contributed by atoms with Crippen LogP contribution in [0.15, 0.2) is 24.3 Å². The number of benzene rings is 1. The largest absolute Gasteiger partial charge is 0.484 e. The van der Waals surface area contributed by atoms with Crippen LogP contribution in [0.1, 0.15) is 51.0 Å². The molecule has 0 heterocycles. The molecule has 0 bridgehead atoms. The molecule has 1 aromatic carbocycles. The summed E-state index contributed by atoms with van der Waals surface area (Å²) in [4.78, 5) is 14.3. The molecule has 134 valence electrons. The maximum absolute atomic E-state index is 11.8. The highest BCUT2D eigenvalue weighted by Gasteiger charge is 2.17. The summed E-state index contributed by atoms with van der Waals surface area (Å²) in [6.07, 6.45) is 8.77. The number of ether oxygens (including phenoxy) is 1. The zero-order valence-electron chi connectivity index (χ0n) is 15.2. The van der Waals surface area contributed by atoms with Crippen molar-refractivity contribution in [1.82, 2.24) is 10.2 Å². The smallest absolute Gasteiger partial charge is 0.257 e. The molecule has 0 atom stereocenters. The lowest BCUT2D eigenvalue weighted by molar-refractivity contribution is -0.123. The number of carbonyl (C=O) groups is 1. The van der Waals surface area contributed by atoms with E-state index in [0.717, 1.165) is 31.2 Å². The molecule has 0 unspecified atom stereocenters. The van der Waals surface area contributed by atoms with E-state index in [1.54, 1.807) is 0 Å². The average Bonchev–Trinajstić information content (AvgIpc) is 2.64. The summed E-state index contributed by atoms with van der Waals surface area (Å²) >= 11 is 0. The second-order valence-corrected chi connectivity index (χ2v) is 6.76. The predicted octanol–water partition coefficient (Wildman–Crippen LogP) is 3.40. The third-order valence-electron chi connectivity index (χ3n) is 4.91. The minimum Gasteiger partial charge on any atom is -0.484 e. The van der Waals surface area contributed by atoms with Crippen LogP contribution in [0.25, 0.3) is 0 Å². The Balaban J connectivity index is 1.55. The first-order valence-electron chi connectivity index (χ1n) is 9.37. The van der Waals surface area contributed by atoms with Gasteiger partial charge in [0.25, 0.3) is 5.91 Å². The summed E-state index contributed by atoms with van der Waals surface area (Å²) in [6, 6.07) is 8.66. The quantitative estimate of drug-likeness (QED) is 0.705. The normalized spacial score (nSPS) is 15.5. The zero-order chi connectivity index (χ0) is 17.2. The topological polar surface area (TPSA) is 41.6 Å². The fourth-order valence-corrected chi connectivity index (χ4v) is 3.28. The molecular formula is C20H32N2O2. The molecule has 1 aliphatic carbocycles. The summed E-state index contributed by atoms with van der Waals surface area (Å²) < 4.78 is 5.52. The van der Waals surface area contributed by atoms with E-state index in [9.17, 15) is 4.79 Å². The summed E-state index contributed by atoms with van der Waals surface area (Å²) in [6.45, 7) is 3.97. The summed E-state index contributed by atoms with van der Waals surface area (Å²) in [5, 5.41) is 2.94. The zero-order valence-corrected chi connectivity index (χ0v) is 15.2. The van der Waals surface area contributed by atoms with Gasteiger partial charge in [-0.3, -0.25) is 4.79 Å². The number of hydrogen-bond donors (Lipinski definition) is 1. The van der Waals surface area contributed by atoms with Crippen LogP contribution in [-0.2, 0) is 11.2 Å². The van der Waals surface area contributed by atoms with E-state index in [0.29, 0.717) is 6.54 Å². The SMILES string of the molecule is CCc1ccc(OCC(=O)NCCCN(C)C2CCCCC2)cc1. The minimum absolute atomic E-state index is 0.0464. The van der Waals surface area contributed by atoms with Gasteiger partial charge in [-0.1, -0.05) is 38.3 Å². The molecular weight excluding hydrogens is 300 g/mol. The van der Waals surface area contributed by atoms with E-state index < -0.39 is 0 Å². The molecule has 0 radical (unpaired) electrons. The van der Waals surface area contributed by atoms with Gasteiger partial charge < -0.3 is 15.0 Å². The second kappa shape index (κ2) is 10.3. The molecule has 0 aromatic heterocycles. The van der Waals surface area contributed by atoms with Crippen molar-refractivity contribution in [2.24, 2.45) is 0 Å². The van der Waals surface area contributed by atoms with Crippen LogP contribution in [0.3, 0.4) is 0 Å². The lowest BCUT2D eigenvalue weighted by Crippen LogP contribution is -2.36. The second-order valence-electron chi connectivity index (χ2n) is 6.76. The van der Waals surface area contributed by atoms with Gasteiger partial charge in [0, 0.05) is 12.6 Å². The number of rotatable bonds is 9. The molecule has 0 aliphatic heterocycles. The molecule has 1 amide bonds. The monoisotopic (exact) mass is 332 g/mol. The van der Waals surface area contributed by atoms with Crippen molar-refractivity contribution in [3.05, 3.63) is 29.8 Å². The van der Waals surface area contributed by atoms with Gasteiger partial charge >= 0.3 is 0 Å². The van der Waals surface area contributed by atoms with E-state index in [-0.39, 0.29) is 12.5 Å². The molecule has 0 spiro atoms. The van der Waals surface area contributed by atoms with Gasteiger partial charge in [0.15, 0.2) is 6.61 Å². The summed E-state index contributed by atoms with van der Waals surface area (Å²) in [5.74, 6) is 0.703. The number of amides is 1. The Morgan fingerprint density at radius 1 is 1.21 bits per heavy atom. The third kappa shape index (κ3) is 6.52. The standard InChI is InChI=1S/C20H32N2O2/c1-3-17-10-12-19(13-11-17)24-16-20(23)21-14-7-15-22(2)18-8-5-4-6-9-18/h10-13,18H,3-9,14-16H2,1-2H3,(H,21,23). The molecule has 4 nitrogen and oxygen atoms in total. The number of nitrogens with one attached hydrogen (secondary N) is 1. The minimum atomic E-state index is -0.0464. The highest BCUT2D eigenvalue weighted by molar-refractivity contribution is 5.77. The van der Waals surface area contributed by atoms with Crippen LogP contribution >= 0.6 is 0 Å². The fraction of sp³-hybridized carbons (Fsp3) is 0.650. The van der Waals surface area contributed by atoms with Crippen molar-refractivity contribution in [1.29, 1.82) is 0 Å². The molecule has 1 aliphatic rings. The van der Waals surface area contributed by atoms with Crippen LogP contribution < -0.4 is 10.1 Å². The van der Waals surface area contributed by atoms with Gasteiger partial charge in [-0.2, -0.15) is 0 Å². The van der Waals surface area contributed by atoms with Crippen molar-refractivity contribution in [2.45, 2.75) is 57.9 Å². The van der Waals surface area contributed by atoms with Gasteiger partial charge in [-0.05, 0) is 57.0 Å². The molecule has 24 heavy (non-hydrogen) atoms. The van der Waals surface area contributed by atoms with Gasteiger partial charge in [0.2, 0.25) is 0 Å². The maximum atomic E-state index is 11.8. The summed E-state index contributed by atoms with van der Waals surface area (Å²) in [5.41, 5.74) is 1.27. The molecule has 1 aromatic rings. The molecule has 1 saturated carbocycles.